The van der Waals surface area contributed by atoms with Crippen molar-refractivity contribution in [3.05, 3.63) is 53.3 Å². The van der Waals surface area contributed by atoms with E-state index in [4.69, 9.17) is 9.72 Å². The lowest BCUT2D eigenvalue weighted by Crippen LogP contribution is -2.38. The second-order valence-corrected chi connectivity index (χ2v) is 11.6. The highest BCUT2D eigenvalue weighted by Gasteiger charge is 2.31. The number of nitrogens with one attached hydrogen (secondary N) is 3. The van der Waals surface area contributed by atoms with Crippen LogP contribution >= 0.6 is 11.8 Å². The van der Waals surface area contributed by atoms with Gasteiger partial charge in [-0.05, 0) is 43.7 Å². The van der Waals surface area contributed by atoms with E-state index in [9.17, 15) is 21.8 Å². The Morgan fingerprint density at radius 1 is 1.38 bits per heavy atom. The number of halogens is 4. The molecule has 3 N–H and O–H groups in total. The van der Waals surface area contributed by atoms with Gasteiger partial charge >= 0.3 is 6.18 Å². The first-order valence-electron chi connectivity index (χ1n) is 12.4. The summed E-state index contributed by atoms with van der Waals surface area (Å²) in [6.07, 6.45) is 0.872. The van der Waals surface area contributed by atoms with Gasteiger partial charge in [-0.25, -0.2) is 23.6 Å². The van der Waals surface area contributed by atoms with Gasteiger partial charge in [0.2, 0.25) is 5.95 Å². The molecule has 3 atom stereocenters. The molecule has 0 aliphatic carbocycles. The van der Waals surface area contributed by atoms with Crippen LogP contribution in [0.5, 0.6) is 5.75 Å². The fourth-order valence-electron chi connectivity index (χ4n) is 3.64. The highest BCUT2D eigenvalue weighted by atomic mass is 32.2. The number of hydrogen-bond donors (Lipinski definition) is 3. The second-order valence-electron chi connectivity index (χ2n) is 9.07. The lowest BCUT2D eigenvalue weighted by atomic mass is 10.1. The van der Waals surface area contributed by atoms with Crippen LogP contribution in [0, 0.1) is 11.7 Å². The van der Waals surface area contributed by atoms with Crippen molar-refractivity contribution in [1.29, 1.82) is 0 Å². The van der Waals surface area contributed by atoms with Gasteiger partial charge in [-0.1, -0.05) is 32.2 Å². The number of alkyl halides is 3. The van der Waals surface area contributed by atoms with Gasteiger partial charge in [-0.3, -0.25) is 4.72 Å². The Morgan fingerprint density at radius 2 is 2.15 bits per heavy atom. The van der Waals surface area contributed by atoms with Crippen LogP contribution in [0.3, 0.4) is 0 Å². The molecule has 0 amide bonds. The Kier molecular flexibility index (Phi) is 11.1. The molecule has 1 aliphatic heterocycles. The molecule has 214 valence electrons. The molecule has 2 aromatic heterocycles. The summed E-state index contributed by atoms with van der Waals surface area (Å²) in [5, 5.41) is 6.71. The fraction of sp³-hybridized carbons (Fsp3) is 0.480. The number of ether oxygens (including phenoxy) is 1. The topological polar surface area (TPSA) is 101 Å². The first-order chi connectivity index (χ1) is 18.4. The highest BCUT2D eigenvalue weighted by molar-refractivity contribution is 8.11. The van der Waals surface area contributed by atoms with Crippen LogP contribution in [-0.4, -0.2) is 50.2 Å². The molecule has 0 radical (unpaired) electrons. The minimum absolute atomic E-state index is 0.0236. The Balaban J connectivity index is 1.92. The van der Waals surface area contributed by atoms with E-state index in [1.54, 1.807) is 12.3 Å². The van der Waals surface area contributed by atoms with Gasteiger partial charge in [0.05, 0.1) is 16.8 Å². The molecule has 8 nitrogen and oxygen atoms in total. The zero-order valence-electron chi connectivity index (χ0n) is 21.9. The summed E-state index contributed by atoms with van der Waals surface area (Å²) in [7, 11) is -2.59. The highest BCUT2D eigenvalue weighted by Crippen LogP contribution is 2.39. The second kappa shape index (κ2) is 14.1. The molecule has 39 heavy (non-hydrogen) atoms. The van der Waals surface area contributed by atoms with Crippen LogP contribution in [0.2, 0.25) is 0 Å². The smallest absolute Gasteiger partial charge is 0.402 e. The molecule has 0 aromatic carbocycles. The number of nitrogens with zero attached hydrogens (tertiary/aromatic N) is 3. The standard InChI is InChI=1S/C25H32F4N6O2S2/c1-5-16(4)21(37-18-11-19(26)23(32-13-18)35-39(36)14-25(27,28)29)22(38-15(2)3)20-8-10-31-24(34-20)33-17-7-6-9-30-12-17/h8,10-11,13,16-17,30H,2,5-7,9,12,14H2,1,3-4H3,(H,32,35)(H,31,33,34)/b22-21+. The zero-order chi connectivity index (χ0) is 28.6. The van der Waals surface area contributed by atoms with Gasteiger partial charge in [-0.2, -0.15) is 13.2 Å². The van der Waals surface area contributed by atoms with E-state index in [-0.39, 0.29) is 17.7 Å². The van der Waals surface area contributed by atoms with Crippen molar-refractivity contribution < 1.29 is 26.5 Å². The molecule has 3 unspecified atom stereocenters. The van der Waals surface area contributed by atoms with E-state index in [0.717, 1.165) is 43.1 Å². The van der Waals surface area contributed by atoms with Crippen LogP contribution in [0.25, 0.3) is 4.91 Å². The molecule has 0 spiro atoms. The molecular formula is C25H32F4N6O2S2. The van der Waals surface area contributed by atoms with Crippen molar-refractivity contribution in [3.63, 3.8) is 0 Å². The van der Waals surface area contributed by atoms with Gasteiger partial charge in [0.15, 0.2) is 11.6 Å². The molecular weight excluding hydrogens is 556 g/mol. The van der Waals surface area contributed by atoms with Crippen molar-refractivity contribution in [2.75, 3.05) is 28.9 Å². The van der Waals surface area contributed by atoms with E-state index >= 15 is 0 Å². The SMILES string of the molecule is C=C(C)S/C(=C(/Oc1cnc(NS(=O)CC(F)(F)F)c(F)c1)C(C)CC)c1ccnc(NC2CCCNC2)n1. The number of pyridine rings is 1. The molecule has 3 heterocycles. The number of piperidine rings is 1. The summed E-state index contributed by atoms with van der Waals surface area (Å²) >= 11 is 1.36. The summed E-state index contributed by atoms with van der Waals surface area (Å²) in [4.78, 5) is 14.3. The molecule has 2 aromatic rings. The lowest BCUT2D eigenvalue weighted by Gasteiger charge is -2.24. The number of hydrogen-bond acceptors (Lipinski definition) is 8. The quantitative estimate of drug-likeness (QED) is 0.209. The summed E-state index contributed by atoms with van der Waals surface area (Å²) < 4.78 is 71.9. The first kappa shape index (κ1) is 30.8. The first-order valence-corrected chi connectivity index (χ1v) is 14.5. The van der Waals surface area contributed by atoms with E-state index < -0.39 is 34.5 Å². The minimum atomic E-state index is -4.67. The third-order valence-corrected chi connectivity index (χ3v) is 7.60. The molecule has 1 aliphatic rings. The van der Waals surface area contributed by atoms with Crippen LogP contribution < -0.4 is 20.1 Å². The Bertz CT molecular complexity index is 1210. The summed E-state index contributed by atoms with van der Waals surface area (Å²) in [6.45, 7) is 11.6. The summed E-state index contributed by atoms with van der Waals surface area (Å²) in [6, 6.07) is 2.93. The van der Waals surface area contributed by atoms with Gasteiger partial charge in [-0.15, -0.1) is 0 Å². The van der Waals surface area contributed by atoms with Crippen LogP contribution in [0.15, 0.2) is 41.8 Å². The average molecular weight is 589 g/mol. The van der Waals surface area contributed by atoms with E-state index in [1.807, 2.05) is 25.5 Å². The zero-order valence-corrected chi connectivity index (χ0v) is 23.5. The van der Waals surface area contributed by atoms with Crippen LogP contribution in [0.4, 0.5) is 29.3 Å². The van der Waals surface area contributed by atoms with Crippen molar-refractivity contribution in [2.45, 2.75) is 52.3 Å². The van der Waals surface area contributed by atoms with Gasteiger partial charge in [0, 0.05) is 30.8 Å². The lowest BCUT2D eigenvalue weighted by molar-refractivity contribution is -0.105. The number of rotatable bonds is 12. The molecule has 3 rings (SSSR count). The van der Waals surface area contributed by atoms with E-state index in [2.05, 4.69) is 27.2 Å². The predicted molar refractivity (Wildman–Crippen MR) is 148 cm³/mol. The maximum absolute atomic E-state index is 14.7. The van der Waals surface area contributed by atoms with Gasteiger partial charge in [0.25, 0.3) is 0 Å². The van der Waals surface area contributed by atoms with Crippen molar-refractivity contribution in [3.8, 4) is 5.75 Å². The van der Waals surface area contributed by atoms with Gasteiger partial charge < -0.3 is 15.4 Å². The number of thioether (sulfide) groups is 1. The van der Waals surface area contributed by atoms with Gasteiger partial charge in [0.1, 0.15) is 28.2 Å². The maximum atomic E-state index is 14.7. The third-order valence-electron chi connectivity index (χ3n) is 5.63. The summed E-state index contributed by atoms with van der Waals surface area (Å²) in [5.41, 5.74) is 0.592. The fourth-order valence-corrected chi connectivity index (χ4v) is 5.29. The maximum Gasteiger partial charge on any atom is 0.402 e. The Labute approximate surface area is 232 Å². The summed E-state index contributed by atoms with van der Waals surface area (Å²) in [5.74, 6) is -2.34. The van der Waals surface area contributed by atoms with Crippen LogP contribution in [0.1, 0.15) is 45.7 Å². The third kappa shape index (κ3) is 9.76. The average Bonchev–Trinajstić information content (AvgIpc) is 2.86. The van der Waals surface area contributed by atoms with E-state index in [1.165, 1.54) is 11.8 Å². The Hall–Kier alpha value is -2.71. The predicted octanol–water partition coefficient (Wildman–Crippen LogP) is 5.87. The monoisotopic (exact) mass is 588 g/mol. The molecule has 1 saturated heterocycles. The minimum Gasteiger partial charge on any atom is -0.458 e. The van der Waals surface area contributed by atoms with Crippen LogP contribution in [-0.2, 0) is 11.0 Å². The van der Waals surface area contributed by atoms with Crippen molar-refractivity contribution >= 4 is 39.4 Å². The number of anilines is 2. The normalized spacial score (nSPS) is 18.1. The molecule has 14 heteroatoms. The largest absolute Gasteiger partial charge is 0.458 e. The van der Waals surface area contributed by atoms with Crippen molar-refractivity contribution in [1.82, 2.24) is 20.3 Å². The molecule has 0 bridgehead atoms. The number of allylic oxidation sites excluding steroid dienone is 2. The molecule has 0 saturated carbocycles. The Morgan fingerprint density at radius 3 is 2.77 bits per heavy atom. The van der Waals surface area contributed by atoms with Crippen molar-refractivity contribution in [2.24, 2.45) is 5.92 Å². The van der Waals surface area contributed by atoms with E-state index in [0.29, 0.717) is 28.7 Å². The number of aromatic nitrogens is 3. The molecule has 1 fully saturated rings.